The topological polar surface area (TPSA) is 24.5 Å². The van der Waals surface area contributed by atoms with Gasteiger partial charge in [-0.2, -0.15) is 0 Å². The molecule has 1 aliphatic heterocycles. The lowest BCUT2D eigenvalue weighted by atomic mass is 10.1. The third-order valence-corrected chi connectivity index (χ3v) is 4.25. The minimum atomic E-state index is 0.321. The van der Waals surface area contributed by atoms with Crippen molar-refractivity contribution in [1.82, 2.24) is 5.32 Å². The number of likely N-dealkylation sites (N-methyl/N-ethyl adjacent to an activating group) is 1. The van der Waals surface area contributed by atoms with E-state index < -0.39 is 0 Å². The molecule has 0 fully saturated rings. The van der Waals surface area contributed by atoms with Crippen molar-refractivity contribution in [3.8, 4) is 5.75 Å². The Kier molecular flexibility index (Phi) is 4.11. The maximum absolute atomic E-state index is 5.23. The third kappa shape index (κ3) is 2.88. The van der Waals surface area contributed by atoms with Crippen molar-refractivity contribution in [2.24, 2.45) is 0 Å². The molecule has 0 aliphatic carbocycles. The largest absolute Gasteiger partial charge is 0.497 e. The predicted molar refractivity (Wildman–Crippen MR) is 87.2 cm³/mol. The predicted octanol–water partition coefficient (Wildman–Crippen LogP) is 3.02. The molecule has 0 radical (unpaired) electrons. The van der Waals surface area contributed by atoms with E-state index >= 15 is 0 Å². The van der Waals surface area contributed by atoms with Crippen LogP contribution in [0.15, 0.2) is 48.5 Å². The Morgan fingerprint density at radius 1 is 1.14 bits per heavy atom. The average Bonchev–Trinajstić information content (AvgIpc) is 2.96. The van der Waals surface area contributed by atoms with E-state index in [0.717, 1.165) is 25.3 Å². The summed E-state index contributed by atoms with van der Waals surface area (Å²) in [6.45, 7) is 2.09. The first-order valence-electron chi connectivity index (χ1n) is 7.46. The number of hydrogen-bond acceptors (Lipinski definition) is 3. The van der Waals surface area contributed by atoms with Gasteiger partial charge in [0.2, 0.25) is 0 Å². The maximum atomic E-state index is 5.23. The van der Waals surface area contributed by atoms with E-state index in [1.807, 2.05) is 19.2 Å². The lowest BCUT2D eigenvalue weighted by Gasteiger charge is -2.26. The Hall–Kier alpha value is -2.00. The van der Waals surface area contributed by atoms with Crippen LogP contribution in [0.4, 0.5) is 5.69 Å². The second-order valence-corrected chi connectivity index (χ2v) is 5.44. The zero-order valence-electron chi connectivity index (χ0n) is 12.7. The molecule has 2 aromatic carbocycles. The summed E-state index contributed by atoms with van der Waals surface area (Å²) in [5.74, 6) is 0.903. The van der Waals surface area contributed by atoms with Crippen molar-refractivity contribution >= 4 is 5.69 Å². The van der Waals surface area contributed by atoms with E-state index in [0.29, 0.717) is 6.04 Å². The van der Waals surface area contributed by atoms with Gasteiger partial charge in [0, 0.05) is 24.8 Å². The molecular weight excluding hydrogens is 260 g/mol. The van der Waals surface area contributed by atoms with Crippen LogP contribution in [0.25, 0.3) is 0 Å². The Morgan fingerprint density at radius 3 is 2.62 bits per heavy atom. The van der Waals surface area contributed by atoms with E-state index in [1.54, 1.807) is 7.11 Å². The summed E-state index contributed by atoms with van der Waals surface area (Å²) < 4.78 is 5.23. The van der Waals surface area contributed by atoms with Crippen molar-refractivity contribution in [3.63, 3.8) is 0 Å². The minimum absolute atomic E-state index is 0.321. The molecular formula is C18H22N2O. The quantitative estimate of drug-likeness (QED) is 0.912. The Labute approximate surface area is 126 Å². The van der Waals surface area contributed by atoms with Crippen LogP contribution in [0.2, 0.25) is 0 Å². The molecule has 0 spiro atoms. The summed E-state index contributed by atoms with van der Waals surface area (Å²) in [5.41, 5.74) is 4.14. The first-order valence-corrected chi connectivity index (χ1v) is 7.46. The molecule has 1 unspecified atom stereocenters. The van der Waals surface area contributed by atoms with Crippen LogP contribution in [0, 0.1) is 0 Å². The number of nitrogens with zero attached hydrogens (tertiary/aromatic N) is 1. The number of anilines is 1. The summed E-state index contributed by atoms with van der Waals surface area (Å²) in [5, 5.41) is 3.43. The molecule has 1 N–H and O–H groups in total. The van der Waals surface area contributed by atoms with Crippen molar-refractivity contribution in [2.75, 3.05) is 32.1 Å². The van der Waals surface area contributed by atoms with Crippen molar-refractivity contribution in [2.45, 2.75) is 12.5 Å². The average molecular weight is 282 g/mol. The van der Waals surface area contributed by atoms with Gasteiger partial charge in [0.05, 0.1) is 7.11 Å². The molecule has 3 heteroatoms. The lowest BCUT2D eigenvalue weighted by Crippen LogP contribution is -2.32. The van der Waals surface area contributed by atoms with Gasteiger partial charge < -0.3 is 15.0 Å². The second-order valence-electron chi connectivity index (χ2n) is 5.44. The molecule has 1 heterocycles. The van der Waals surface area contributed by atoms with E-state index in [-0.39, 0.29) is 0 Å². The standard InChI is InChI=1S/C18H22N2O/c1-19-17(14-7-9-16(21-2)10-8-14)13-20-12-11-15-5-3-4-6-18(15)20/h3-10,17,19H,11-13H2,1-2H3. The normalized spacial score (nSPS) is 14.9. The first-order chi connectivity index (χ1) is 10.3. The van der Waals surface area contributed by atoms with Gasteiger partial charge in [0.1, 0.15) is 5.75 Å². The number of rotatable bonds is 5. The molecule has 3 rings (SSSR count). The zero-order valence-corrected chi connectivity index (χ0v) is 12.7. The van der Waals surface area contributed by atoms with Gasteiger partial charge in [-0.3, -0.25) is 0 Å². The molecule has 0 amide bonds. The summed E-state index contributed by atoms with van der Waals surface area (Å²) >= 11 is 0. The van der Waals surface area contributed by atoms with Crippen LogP contribution < -0.4 is 15.0 Å². The number of ether oxygens (including phenoxy) is 1. The smallest absolute Gasteiger partial charge is 0.118 e. The highest BCUT2D eigenvalue weighted by Crippen LogP contribution is 2.29. The van der Waals surface area contributed by atoms with Crippen LogP contribution in [0.5, 0.6) is 5.75 Å². The number of para-hydroxylation sites is 1. The van der Waals surface area contributed by atoms with E-state index in [9.17, 15) is 0 Å². The van der Waals surface area contributed by atoms with Gasteiger partial charge in [-0.05, 0) is 42.8 Å². The molecule has 110 valence electrons. The fourth-order valence-electron chi connectivity index (χ4n) is 3.02. The molecule has 0 saturated carbocycles. The molecule has 0 aromatic heterocycles. The van der Waals surface area contributed by atoms with E-state index in [1.165, 1.54) is 16.8 Å². The van der Waals surface area contributed by atoms with Crippen LogP contribution in [0.1, 0.15) is 17.2 Å². The molecule has 2 aromatic rings. The number of methoxy groups -OCH3 is 1. The minimum Gasteiger partial charge on any atom is -0.497 e. The lowest BCUT2D eigenvalue weighted by molar-refractivity contribution is 0.414. The van der Waals surface area contributed by atoms with E-state index in [2.05, 4.69) is 46.6 Å². The summed E-state index contributed by atoms with van der Waals surface area (Å²) in [6.07, 6.45) is 1.15. The summed E-state index contributed by atoms with van der Waals surface area (Å²) in [7, 11) is 3.72. The molecule has 3 nitrogen and oxygen atoms in total. The molecule has 21 heavy (non-hydrogen) atoms. The molecule has 0 bridgehead atoms. The van der Waals surface area contributed by atoms with Crippen LogP contribution in [-0.4, -0.2) is 27.2 Å². The Bertz CT molecular complexity index is 594. The van der Waals surface area contributed by atoms with Crippen molar-refractivity contribution in [1.29, 1.82) is 0 Å². The molecule has 1 aliphatic rings. The molecule has 1 atom stereocenters. The van der Waals surface area contributed by atoms with Crippen LogP contribution >= 0.6 is 0 Å². The highest BCUT2D eigenvalue weighted by Gasteiger charge is 2.21. The van der Waals surface area contributed by atoms with Gasteiger partial charge in [-0.15, -0.1) is 0 Å². The highest BCUT2D eigenvalue weighted by atomic mass is 16.5. The van der Waals surface area contributed by atoms with Gasteiger partial charge in [0.25, 0.3) is 0 Å². The fourth-order valence-corrected chi connectivity index (χ4v) is 3.02. The highest BCUT2D eigenvalue weighted by molar-refractivity contribution is 5.58. The number of hydrogen-bond donors (Lipinski definition) is 1. The summed E-state index contributed by atoms with van der Waals surface area (Å²) in [4.78, 5) is 2.47. The first kappa shape index (κ1) is 14.0. The van der Waals surface area contributed by atoms with Crippen LogP contribution in [-0.2, 0) is 6.42 Å². The van der Waals surface area contributed by atoms with Gasteiger partial charge in [-0.1, -0.05) is 30.3 Å². The summed E-state index contributed by atoms with van der Waals surface area (Å²) in [6, 6.07) is 17.4. The maximum Gasteiger partial charge on any atom is 0.118 e. The fraction of sp³-hybridized carbons (Fsp3) is 0.333. The van der Waals surface area contributed by atoms with E-state index in [4.69, 9.17) is 4.74 Å². The number of nitrogens with one attached hydrogen (secondary N) is 1. The van der Waals surface area contributed by atoms with Crippen LogP contribution in [0.3, 0.4) is 0 Å². The Balaban J connectivity index is 1.76. The monoisotopic (exact) mass is 282 g/mol. The number of benzene rings is 2. The zero-order chi connectivity index (χ0) is 14.7. The SMILES string of the molecule is CNC(CN1CCc2ccccc21)c1ccc(OC)cc1. The number of fused-ring (bicyclic) bond motifs is 1. The third-order valence-electron chi connectivity index (χ3n) is 4.25. The van der Waals surface area contributed by atoms with Gasteiger partial charge in [0.15, 0.2) is 0 Å². The Morgan fingerprint density at radius 2 is 1.90 bits per heavy atom. The van der Waals surface area contributed by atoms with Gasteiger partial charge >= 0.3 is 0 Å². The van der Waals surface area contributed by atoms with Crippen molar-refractivity contribution in [3.05, 3.63) is 59.7 Å². The van der Waals surface area contributed by atoms with Gasteiger partial charge in [-0.25, -0.2) is 0 Å². The second kappa shape index (κ2) is 6.19. The molecule has 0 saturated heterocycles. The van der Waals surface area contributed by atoms with Crippen molar-refractivity contribution < 1.29 is 4.74 Å².